The van der Waals surface area contributed by atoms with Crippen LogP contribution in [0.4, 0.5) is 0 Å². The summed E-state index contributed by atoms with van der Waals surface area (Å²) in [7, 11) is 0. The molecule has 0 aliphatic carbocycles. The van der Waals surface area contributed by atoms with Crippen LogP contribution in [-0.2, 0) is 10.8 Å². The van der Waals surface area contributed by atoms with Gasteiger partial charge in [-0.3, -0.25) is 4.79 Å². The van der Waals surface area contributed by atoms with E-state index in [0.29, 0.717) is 0 Å². The van der Waals surface area contributed by atoms with E-state index in [9.17, 15) is 4.79 Å². The van der Waals surface area contributed by atoms with Crippen LogP contribution in [-0.4, -0.2) is 4.57 Å². The van der Waals surface area contributed by atoms with Crippen molar-refractivity contribution in [2.45, 2.75) is 59.3 Å². The van der Waals surface area contributed by atoms with Crippen molar-refractivity contribution in [2.24, 2.45) is 0 Å². The fraction of sp³-hybridized carbons (Fsp3) is 0.321. The number of pyridine rings is 1. The maximum Gasteiger partial charge on any atom is 0.197 e. The minimum absolute atomic E-state index is 0.0310. The Hall–Kier alpha value is -2.87. The molecule has 1 aromatic heterocycles. The Labute approximate surface area is 180 Å². The Morgan fingerprint density at radius 1 is 0.867 bits per heavy atom. The summed E-state index contributed by atoms with van der Waals surface area (Å²) in [5, 5.41) is 1.50. The summed E-state index contributed by atoms with van der Waals surface area (Å²) in [4.78, 5) is 13.7. The number of fused-ring (bicyclic) bond motifs is 2. The third-order valence-electron chi connectivity index (χ3n) is 5.58. The molecule has 0 saturated heterocycles. The van der Waals surface area contributed by atoms with Crippen LogP contribution in [0.1, 0.15) is 59.6 Å². The lowest BCUT2D eigenvalue weighted by Crippen LogP contribution is -2.16. The van der Waals surface area contributed by atoms with Gasteiger partial charge in [0.2, 0.25) is 0 Å². The minimum atomic E-state index is -0.0310. The van der Waals surface area contributed by atoms with Gasteiger partial charge >= 0.3 is 0 Å². The zero-order valence-electron chi connectivity index (χ0n) is 19.3. The molecule has 2 aromatic carbocycles. The van der Waals surface area contributed by atoms with E-state index < -0.39 is 0 Å². The smallest absolute Gasteiger partial charge is 0.197 e. The summed E-state index contributed by atoms with van der Waals surface area (Å²) in [6.07, 6.45) is 7.84. The highest BCUT2D eigenvalue weighted by atomic mass is 16.1. The van der Waals surface area contributed by atoms with Gasteiger partial charge in [0.05, 0.1) is 11.0 Å². The molecule has 0 bridgehead atoms. The third kappa shape index (κ3) is 3.92. The SMILES string of the molecule is C=C/C=C(\C=C/C)n1c2ccc(C(C)(C)C)cc2c(=O)c2cc(C(C)(C)C)ccc21. The van der Waals surface area contributed by atoms with Crippen LogP contribution in [0.5, 0.6) is 0 Å². The highest BCUT2D eigenvalue weighted by Crippen LogP contribution is 2.31. The van der Waals surface area contributed by atoms with Gasteiger partial charge in [0.1, 0.15) is 0 Å². The summed E-state index contributed by atoms with van der Waals surface area (Å²) in [5.41, 5.74) is 5.15. The van der Waals surface area contributed by atoms with Crippen molar-refractivity contribution >= 4 is 27.5 Å². The molecule has 0 amide bonds. The standard InChI is InChI=1S/C28H33NO/c1-9-11-21(12-10-2)29-24-15-13-19(27(3,4)5)17-22(24)26(30)23-18-20(28(6,7)8)14-16-25(23)29/h9-18H,1H2,2-8H3/b12-10-,21-11+. The van der Waals surface area contributed by atoms with Gasteiger partial charge in [0.15, 0.2) is 5.43 Å². The number of hydrogen-bond donors (Lipinski definition) is 0. The van der Waals surface area contributed by atoms with Crippen LogP contribution in [0.3, 0.4) is 0 Å². The molecule has 156 valence electrons. The fourth-order valence-electron chi connectivity index (χ4n) is 3.81. The normalized spacial score (nSPS) is 13.5. The average Bonchev–Trinajstić information content (AvgIpc) is 2.66. The molecule has 0 aliphatic heterocycles. The van der Waals surface area contributed by atoms with Crippen LogP contribution in [0, 0.1) is 0 Å². The van der Waals surface area contributed by atoms with Gasteiger partial charge in [-0.15, -0.1) is 0 Å². The quantitative estimate of drug-likeness (QED) is 0.333. The van der Waals surface area contributed by atoms with Crippen molar-refractivity contribution in [1.82, 2.24) is 4.57 Å². The predicted molar refractivity (Wildman–Crippen MR) is 132 cm³/mol. The van der Waals surface area contributed by atoms with Crippen molar-refractivity contribution < 1.29 is 0 Å². The summed E-state index contributed by atoms with van der Waals surface area (Å²) < 4.78 is 2.17. The molecule has 0 radical (unpaired) electrons. The zero-order valence-corrected chi connectivity index (χ0v) is 19.3. The van der Waals surface area contributed by atoms with E-state index in [0.717, 1.165) is 38.6 Å². The first-order valence-electron chi connectivity index (χ1n) is 10.6. The second-order valence-corrected chi connectivity index (χ2v) is 9.96. The summed E-state index contributed by atoms with van der Waals surface area (Å²) >= 11 is 0. The van der Waals surface area contributed by atoms with Crippen molar-refractivity contribution in [2.75, 3.05) is 0 Å². The summed E-state index contributed by atoms with van der Waals surface area (Å²) in [6, 6.07) is 12.6. The molecule has 30 heavy (non-hydrogen) atoms. The lowest BCUT2D eigenvalue weighted by atomic mass is 9.85. The lowest BCUT2D eigenvalue weighted by Gasteiger charge is -2.23. The summed E-state index contributed by atoms with van der Waals surface area (Å²) in [6.45, 7) is 18.9. The first kappa shape index (κ1) is 21.8. The van der Waals surface area contributed by atoms with E-state index in [1.165, 1.54) is 0 Å². The van der Waals surface area contributed by atoms with E-state index in [1.54, 1.807) is 6.08 Å². The van der Waals surface area contributed by atoms with Gasteiger partial charge in [-0.2, -0.15) is 0 Å². The van der Waals surface area contributed by atoms with E-state index in [1.807, 2.05) is 19.1 Å². The number of benzene rings is 2. The molecule has 0 N–H and O–H groups in total. The number of allylic oxidation sites excluding steroid dienone is 5. The number of hydrogen-bond acceptors (Lipinski definition) is 1. The minimum Gasteiger partial charge on any atom is -0.309 e. The highest BCUT2D eigenvalue weighted by Gasteiger charge is 2.20. The molecule has 3 aromatic rings. The molecule has 0 saturated carbocycles. The van der Waals surface area contributed by atoms with Gasteiger partial charge in [0.25, 0.3) is 0 Å². The van der Waals surface area contributed by atoms with Crippen molar-refractivity contribution in [1.29, 1.82) is 0 Å². The van der Waals surface area contributed by atoms with Crippen molar-refractivity contribution in [3.05, 3.63) is 88.6 Å². The Balaban J connectivity index is 2.58. The topological polar surface area (TPSA) is 22.0 Å². The van der Waals surface area contributed by atoms with E-state index in [-0.39, 0.29) is 16.3 Å². The van der Waals surface area contributed by atoms with E-state index in [2.05, 4.69) is 95.2 Å². The maximum atomic E-state index is 13.7. The van der Waals surface area contributed by atoms with Gasteiger partial charge in [-0.05, 0) is 65.3 Å². The first-order valence-corrected chi connectivity index (χ1v) is 10.6. The third-order valence-corrected chi connectivity index (χ3v) is 5.58. The maximum absolute atomic E-state index is 13.7. The molecule has 0 spiro atoms. The molecule has 0 aliphatic rings. The van der Waals surface area contributed by atoms with Crippen LogP contribution < -0.4 is 5.43 Å². The molecule has 0 unspecified atom stereocenters. The van der Waals surface area contributed by atoms with Gasteiger partial charge in [-0.25, -0.2) is 0 Å². The Morgan fingerprint density at radius 3 is 1.70 bits per heavy atom. The summed E-state index contributed by atoms with van der Waals surface area (Å²) in [5.74, 6) is 0. The molecule has 2 heteroatoms. The average molecular weight is 400 g/mol. The largest absolute Gasteiger partial charge is 0.309 e. The van der Waals surface area contributed by atoms with Gasteiger partial charge in [-0.1, -0.05) is 72.4 Å². The Kier molecular flexibility index (Phi) is 5.64. The van der Waals surface area contributed by atoms with E-state index in [4.69, 9.17) is 0 Å². The molecule has 0 atom stereocenters. The second-order valence-electron chi connectivity index (χ2n) is 9.96. The Morgan fingerprint density at radius 2 is 1.33 bits per heavy atom. The van der Waals surface area contributed by atoms with Crippen molar-refractivity contribution in [3.63, 3.8) is 0 Å². The lowest BCUT2D eigenvalue weighted by molar-refractivity contribution is 0.591. The predicted octanol–water partition coefficient (Wildman–Crippen LogP) is 7.35. The van der Waals surface area contributed by atoms with Crippen LogP contribution in [0.15, 0.2) is 72.1 Å². The zero-order chi connectivity index (χ0) is 22.3. The second kappa shape index (κ2) is 7.75. The van der Waals surface area contributed by atoms with Crippen LogP contribution in [0.2, 0.25) is 0 Å². The molecular weight excluding hydrogens is 366 g/mol. The van der Waals surface area contributed by atoms with Gasteiger partial charge in [0, 0.05) is 16.5 Å². The van der Waals surface area contributed by atoms with E-state index >= 15 is 0 Å². The van der Waals surface area contributed by atoms with Crippen LogP contribution >= 0.6 is 0 Å². The number of nitrogens with zero attached hydrogens (tertiary/aromatic N) is 1. The fourth-order valence-corrected chi connectivity index (χ4v) is 3.81. The number of rotatable bonds is 3. The molecule has 2 nitrogen and oxygen atoms in total. The van der Waals surface area contributed by atoms with Gasteiger partial charge < -0.3 is 4.57 Å². The molecular formula is C28H33NO. The monoisotopic (exact) mass is 399 g/mol. The number of aromatic nitrogens is 1. The molecule has 0 fully saturated rings. The molecule has 1 heterocycles. The Bertz CT molecular complexity index is 1160. The van der Waals surface area contributed by atoms with Crippen molar-refractivity contribution in [3.8, 4) is 0 Å². The molecule has 3 rings (SSSR count). The first-order chi connectivity index (χ1) is 14.0. The highest BCUT2D eigenvalue weighted by molar-refractivity contribution is 5.98. The van der Waals surface area contributed by atoms with Crippen LogP contribution in [0.25, 0.3) is 27.5 Å².